The van der Waals surface area contributed by atoms with Gasteiger partial charge in [0.1, 0.15) is 0 Å². The highest BCUT2D eigenvalue weighted by atomic mass is 32.1. The van der Waals surface area contributed by atoms with Gasteiger partial charge in [-0.15, -0.1) is 11.3 Å². The minimum Gasteiger partial charge on any atom is -0.346 e. The van der Waals surface area contributed by atoms with Crippen LogP contribution in [0.5, 0.6) is 0 Å². The van der Waals surface area contributed by atoms with Gasteiger partial charge in [-0.1, -0.05) is 6.92 Å². The van der Waals surface area contributed by atoms with Gasteiger partial charge in [0.15, 0.2) is 5.13 Å². The van der Waals surface area contributed by atoms with Crippen LogP contribution in [0.25, 0.3) is 0 Å². The lowest BCUT2D eigenvalue weighted by Crippen LogP contribution is -2.44. The number of aryl methyl sites for hydroxylation is 1. The Morgan fingerprint density at radius 1 is 1.28 bits per heavy atom. The topological polar surface area (TPSA) is 31.4 Å². The normalized spacial score (nSPS) is 17.4. The highest BCUT2D eigenvalue weighted by molar-refractivity contribution is 7.15. The molecule has 1 aromatic heterocycles. The fourth-order valence-electron chi connectivity index (χ4n) is 2.09. The first-order chi connectivity index (χ1) is 8.70. The molecule has 4 nitrogen and oxygen atoms in total. The minimum atomic E-state index is 0.963. The third-order valence-corrected chi connectivity index (χ3v) is 4.59. The smallest absolute Gasteiger partial charge is 0.185 e. The number of anilines is 1. The van der Waals surface area contributed by atoms with Crippen LogP contribution in [0.1, 0.15) is 23.9 Å². The van der Waals surface area contributed by atoms with Gasteiger partial charge in [0.2, 0.25) is 0 Å². The number of hydrogen-bond donors (Lipinski definition) is 1. The molecule has 0 spiro atoms. The van der Waals surface area contributed by atoms with E-state index in [1.807, 2.05) is 11.3 Å². The average molecular weight is 268 g/mol. The summed E-state index contributed by atoms with van der Waals surface area (Å²) in [5, 5.41) is 4.66. The van der Waals surface area contributed by atoms with Crippen LogP contribution in [0, 0.1) is 6.92 Å². The van der Waals surface area contributed by atoms with E-state index in [1.54, 1.807) is 0 Å². The van der Waals surface area contributed by atoms with E-state index >= 15 is 0 Å². The van der Waals surface area contributed by atoms with Crippen LogP contribution in [0.4, 0.5) is 5.13 Å². The number of rotatable bonds is 5. The van der Waals surface area contributed by atoms with Gasteiger partial charge in [0, 0.05) is 37.6 Å². The van der Waals surface area contributed by atoms with Crippen molar-refractivity contribution in [1.29, 1.82) is 0 Å². The summed E-state index contributed by atoms with van der Waals surface area (Å²) < 4.78 is 0. The lowest BCUT2D eigenvalue weighted by molar-refractivity contribution is 0.312. The molecular weight excluding hydrogens is 244 g/mol. The average Bonchev–Trinajstić information content (AvgIpc) is 2.72. The zero-order chi connectivity index (χ0) is 13.0. The molecular formula is C13H24N4S. The van der Waals surface area contributed by atoms with Gasteiger partial charge in [-0.05, 0) is 26.9 Å². The molecule has 18 heavy (non-hydrogen) atoms. The molecule has 1 aliphatic rings. The van der Waals surface area contributed by atoms with Crippen LogP contribution in [0.3, 0.4) is 0 Å². The van der Waals surface area contributed by atoms with Crippen LogP contribution in [-0.2, 0) is 6.54 Å². The molecule has 0 bridgehead atoms. The van der Waals surface area contributed by atoms with E-state index in [1.165, 1.54) is 22.1 Å². The van der Waals surface area contributed by atoms with Crippen LogP contribution in [-0.4, -0.2) is 49.7 Å². The molecule has 0 unspecified atom stereocenters. The van der Waals surface area contributed by atoms with Crippen molar-refractivity contribution in [1.82, 2.24) is 15.2 Å². The summed E-state index contributed by atoms with van der Waals surface area (Å²) in [4.78, 5) is 10.9. The number of hydrogen-bond acceptors (Lipinski definition) is 5. The highest BCUT2D eigenvalue weighted by Gasteiger charge is 2.18. The second-order valence-corrected chi connectivity index (χ2v) is 6.03. The Morgan fingerprint density at radius 2 is 2.00 bits per heavy atom. The summed E-state index contributed by atoms with van der Waals surface area (Å²) in [6.07, 6.45) is 1.18. The molecule has 1 N–H and O–H groups in total. The van der Waals surface area contributed by atoms with E-state index in [4.69, 9.17) is 4.98 Å². The van der Waals surface area contributed by atoms with Crippen molar-refractivity contribution in [3.8, 4) is 0 Å². The quantitative estimate of drug-likeness (QED) is 0.824. The summed E-state index contributed by atoms with van der Waals surface area (Å²) in [5.41, 5.74) is 1.19. The van der Waals surface area contributed by atoms with Gasteiger partial charge in [-0.3, -0.25) is 0 Å². The maximum absolute atomic E-state index is 4.72. The third-order valence-electron chi connectivity index (χ3n) is 3.37. The van der Waals surface area contributed by atoms with Gasteiger partial charge >= 0.3 is 0 Å². The molecule has 2 rings (SSSR count). The van der Waals surface area contributed by atoms with Gasteiger partial charge < -0.3 is 15.1 Å². The van der Waals surface area contributed by atoms with Crippen molar-refractivity contribution in [3.63, 3.8) is 0 Å². The van der Waals surface area contributed by atoms with E-state index in [2.05, 4.69) is 36.0 Å². The molecule has 1 saturated heterocycles. The van der Waals surface area contributed by atoms with Crippen molar-refractivity contribution in [2.75, 3.05) is 44.7 Å². The molecule has 0 aliphatic carbocycles. The Balaban J connectivity index is 1.95. The standard InChI is InChI=1S/C13H24N4S/c1-4-5-14-10-12-11(2)15-13(18-12)17-8-6-16(3)7-9-17/h14H,4-10H2,1-3H3. The van der Waals surface area contributed by atoms with E-state index in [9.17, 15) is 0 Å². The van der Waals surface area contributed by atoms with E-state index < -0.39 is 0 Å². The summed E-state index contributed by atoms with van der Waals surface area (Å²) in [6.45, 7) is 10.9. The first-order valence-electron chi connectivity index (χ1n) is 6.81. The zero-order valence-electron chi connectivity index (χ0n) is 11.7. The molecule has 0 saturated carbocycles. The summed E-state index contributed by atoms with van der Waals surface area (Å²) in [6, 6.07) is 0. The van der Waals surface area contributed by atoms with E-state index in [-0.39, 0.29) is 0 Å². The van der Waals surface area contributed by atoms with Crippen molar-refractivity contribution in [3.05, 3.63) is 10.6 Å². The fourth-order valence-corrected chi connectivity index (χ4v) is 3.17. The van der Waals surface area contributed by atoms with Crippen molar-refractivity contribution < 1.29 is 0 Å². The summed E-state index contributed by atoms with van der Waals surface area (Å²) in [7, 11) is 2.19. The Labute approximate surface area is 114 Å². The number of nitrogens with zero attached hydrogens (tertiary/aromatic N) is 3. The largest absolute Gasteiger partial charge is 0.346 e. The maximum Gasteiger partial charge on any atom is 0.185 e. The Bertz CT molecular complexity index is 369. The van der Waals surface area contributed by atoms with Crippen molar-refractivity contribution in [2.45, 2.75) is 26.8 Å². The molecule has 102 valence electrons. The predicted octanol–water partition coefficient (Wildman–Crippen LogP) is 1.70. The predicted molar refractivity (Wildman–Crippen MR) is 78.6 cm³/mol. The number of piperazine rings is 1. The van der Waals surface area contributed by atoms with Gasteiger partial charge in [-0.25, -0.2) is 4.98 Å². The second kappa shape index (κ2) is 6.50. The minimum absolute atomic E-state index is 0.963. The fraction of sp³-hybridized carbons (Fsp3) is 0.769. The first kappa shape index (κ1) is 13.8. The Kier molecular flexibility index (Phi) is 4.97. The molecule has 0 atom stereocenters. The van der Waals surface area contributed by atoms with Gasteiger partial charge in [0.25, 0.3) is 0 Å². The molecule has 1 aromatic rings. The highest BCUT2D eigenvalue weighted by Crippen LogP contribution is 2.26. The molecule has 1 aliphatic heterocycles. The van der Waals surface area contributed by atoms with E-state index in [0.29, 0.717) is 0 Å². The SMILES string of the molecule is CCCNCc1sc(N2CCN(C)CC2)nc1C. The number of aromatic nitrogens is 1. The van der Waals surface area contributed by atoms with Crippen LogP contribution < -0.4 is 10.2 Å². The lowest BCUT2D eigenvalue weighted by Gasteiger charge is -2.32. The van der Waals surface area contributed by atoms with Gasteiger partial charge in [0.05, 0.1) is 5.69 Å². The lowest BCUT2D eigenvalue weighted by atomic mass is 10.3. The summed E-state index contributed by atoms with van der Waals surface area (Å²) >= 11 is 1.85. The molecule has 1 fully saturated rings. The first-order valence-corrected chi connectivity index (χ1v) is 7.63. The number of nitrogens with one attached hydrogen (secondary N) is 1. The zero-order valence-corrected chi connectivity index (χ0v) is 12.5. The Hall–Kier alpha value is -0.650. The van der Waals surface area contributed by atoms with Crippen LogP contribution in [0.2, 0.25) is 0 Å². The molecule has 0 radical (unpaired) electrons. The molecule has 0 aromatic carbocycles. The molecule has 5 heteroatoms. The second-order valence-electron chi connectivity index (χ2n) is 4.97. The third kappa shape index (κ3) is 3.43. The Morgan fingerprint density at radius 3 is 2.67 bits per heavy atom. The number of likely N-dealkylation sites (N-methyl/N-ethyl adjacent to an activating group) is 1. The van der Waals surface area contributed by atoms with Crippen LogP contribution in [0.15, 0.2) is 0 Å². The molecule has 0 amide bonds. The van der Waals surface area contributed by atoms with Crippen molar-refractivity contribution in [2.24, 2.45) is 0 Å². The monoisotopic (exact) mass is 268 g/mol. The summed E-state index contributed by atoms with van der Waals surface area (Å²) in [5.74, 6) is 0. The van der Waals surface area contributed by atoms with E-state index in [0.717, 1.165) is 39.3 Å². The maximum atomic E-state index is 4.72. The van der Waals surface area contributed by atoms with Crippen molar-refractivity contribution >= 4 is 16.5 Å². The van der Waals surface area contributed by atoms with Gasteiger partial charge in [-0.2, -0.15) is 0 Å². The number of thiazole rings is 1. The van der Waals surface area contributed by atoms with Crippen LogP contribution >= 0.6 is 11.3 Å². The molecule has 2 heterocycles.